The fraction of sp³-hybridized carbons (Fsp3) is 0.512. The zero-order valence-corrected chi connectivity index (χ0v) is 66.9. The molecule has 15 heterocycles. The second kappa shape index (κ2) is 34.1. The summed E-state index contributed by atoms with van der Waals surface area (Å²) in [7, 11) is 1.75. The number of nitrogens with zero attached hydrogens (tertiary/aromatic N) is 18. The van der Waals surface area contributed by atoms with Crippen molar-refractivity contribution in [2.24, 2.45) is 35.5 Å². The van der Waals surface area contributed by atoms with Crippen molar-refractivity contribution in [1.29, 1.82) is 0 Å². The fourth-order valence-corrected chi connectivity index (χ4v) is 18.2. The van der Waals surface area contributed by atoms with Crippen LogP contribution in [0.4, 0.5) is 31.0 Å². The van der Waals surface area contributed by atoms with E-state index in [4.69, 9.17) is 83.0 Å². The third-order valence-corrected chi connectivity index (χ3v) is 24.3. The first-order valence-electron chi connectivity index (χ1n) is 39.9. The molecule has 0 aromatic carbocycles. The second-order valence-corrected chi connectivity index (χ2v) is 33.3. The molecule has 1 unspecified atom stereocenters. The number of anilines is 3. The third-order valence-electron chi connectivity index (χ3n) is 23.7. The van der Waals surface area contributed by atoms with Gasteiger partial charge in [0.1, 0.15) is 17.1 Å². The van der Waals surface area contributed by atoms with Gasteiger partial charge in [0.05, 0.1) is 90.5 Å². The molecule has 0 amide bonds. The van der Waals surface area contributed by atoms with Crippen molar-refractivity contribution in [1.82, 2.24) is 89.0 Å². The van der Waals surface area contributed by atoms with E-state index < -0.39 is 36.3 Å². The number of rotatable bonds is 19. The summed E-state index contributed by atoms with van der Waals surface area (Å²) in [5.41, 5.74) is 10.1. The number of methoxy groups -OCH3 is 1. The molecule has 0 radical (unpaired) electrons. The van der Waals surface area contributed by atoms with Crippen molar-refractivity contribution in [2.75, 3.05) is 54.7 Å². The van der Waals surface area contributed by atoms with Gasteiger partial charge in [-0.05, 0) is 156 Å². The number of nitrogens with one attached hydrogen (secondary N) is 3. The monoisotopic (exact) mass is 1640 g/mol. The van der Waals surface area contributed by atoms with E-state index in [0.717, 1.165) is 140 Å². The topological polar surface area (TPSA) is 336 Å². The first-order valence-corrected chi connectivity index (χ1v) is 41.0. The van der Waals surface area contributed by atoms with Crippen LogP contribution in [0.3, 0.4) is 0 Å². The summed E-state index contributed by atoms with van der Waals surface area (Å²) in [6.45, 7) is 14.2. The summed E-state index contributed by atoms with van der Waals surface area (Å²) in [4.78, 5) is 92.6. The summed E-state index contributed by atoms with van der Waals surface area (Å²) in [6, 6.07) is 11.1. The molecule has 12 aromatic heterocycles. The molecule has 12 aromatic rings. The number of hydrogen-bond acceptors (Lipinski definition) is 23. The maximum atomic E-state index is 13.0. The number of pyridine rings is 6. The Morgan fingerprint density at radius 2 is 0.765 bits per heavy atom. The van der Waals surface area contributed by atoms with E-state index in [1.807, 2.05) is 29.2 Å². The minimum absolute atomic E-state index is 0.128. The Morgan fingerprint density at radius 1 is 0.435 bits per heavy atom. The van der Waals surface area contributed by atoms with Gasteiger partial charge in [-0.15, -0.1) is 13.2 Å². The second-order valence-electron chi connectivity index (χ2n) is 32.0. The predicted molar refractivity (Wildman–Crippen MR) is 430 cm³/mol. The van der Waals surface area contributed by atoms with E-state index in [1.54, 1.807) is 50.2 Å². The minimum Gasteiger partial charge on any atom is -0.383 e. The van der Waals surface area contributed by atoms with Crippen molar-refractivity contribution in [3.8, 4) is 68.3 Å². The summed E-state index contributed by atoms with van der Waals surface area (Å²) in [6.07, 6.45) is 25.1. The van der Waals surface area contributed by atoms with Crippen LogP contribution < -0.4 is 32.0 Å². The van der Waals surface area contributed by atoms with Gasteiger partial charge in [0, 0.05) is 106 Å². The Kier molecular flexibility index (Phi) is 23.4. The van der Waals surface area contributed by atoms with Crippen LogP contribution in [0.25, 0.3) is 101 Å². The van der Waals surface area contributed by atoms with Crippen molar-refractivity contribution in [2.45, 2.75) is 187 Å². The van der Waals surface area contributed by atoms with Gasteiger partial charge in [-0.2, -0.15) is 0 Å². The largest absolute Gasteiger partial charge is 0.522 e. The number of hydrogen-bond donors (Lipinski definition) is 3. The molecule has 0 bridgehead atoms. The van der Waals surface area contributed by atoms with Gasteiger partial charge < -0.3 is 33.1 Å². The lowest BCUT2D eigenvalue weighted by Crippen LogP contribution is -2.37. The maximum Gasteiger partial charge on any atom is 0.522 e. The number of aromatic nitrogens is 18. The molecule has 3 atom stereocenters. The summed E-state index contributed by atoms with van der Waals surface area (Å²) in [5.74, 6) is 4.89. The van der Waals surface area contributed by atoms with Crippen LogP contribution in [0, 0.1) is 35.5 Å². The molecule has 3 N–H and O–H groups in total. The third kappa shape index (κ3) is 17.6. The molecule has 6 fully saturated rings. The van der Waals surface area contributed by atoms with Crippen LogP contribution in [0.1, 0.15) is 143 Å². The normalized spacial score (nSPS) is 22.0. The molecule has 0 spiro atoms. The Balaban J connectivity index is 0.000000130. The van der Waals surface area contributed by atoms with Gasteiger partial charge >= 0.3 is 23.6 Å². The quantitative estimate of drug-likeness (QED) is 0.0677. The molecule has 3 aliphatic heterocycles. The van der Waals surface area contributed by atoms with Crippen molar-refractivity contribution >= 4 is 85.7 Å². The number of imidazole rings is 3. The SMILES string of the molecule is CC1CCC(Cn2c(N3CCCC3COC(F)(F)F)nc3cc(-c4noc(=O)[nH]4)nc(-c4cncc(Cl)c4)c32)CC1.CC1CCC(Cn2c(N3CCC[C@H]3C)nc3cc(-c4noc(=O)[nH]4)nc(-c4cncc(Cl)c4)c32)CC1.COC[C@@H]1CCCN1c1nc2cc(-c3noc(=O)[nH]3)nc(-c3cncc(Cl)c3)c2n1CC1CCC(C)CC1. The molecule has 18 rings (SSSR count). The summed E-state index contributed by atoms with van der Waals surface area (Å²) >= 11 is 19.0. The zero-order valence-electron chi connectivity index (χ0n) is 64.6. The van der Waals surface area contributed by atoms with E-state index in [2.05, 4.69) is 101 Å². The van der Waals surface area contributed by atoms with E-state index >= 15 is 0 Å². The van der Waals surface area contributed by atoms with E-state index in [9.17, 15) is 27.6 Å². The van der Waals surface area contributed by atoms with Gasteiger partial charge in [0.2, 0.25) is 35.3 Å². The van der Waals surface area contributed by atoms with Crippen LogP contribution >= 0.6 is 34.8 Å². The van der Waals surface area contributed by atoms with Crippen LogP contribution in [0.2, 0.25) is 15.1 Å². The maximum absolute atomic E-state index is 13.0. The molecule has 29 nitrogen and oxygen atoms in total. The molecule has 115 heavy (non-hydrogen) atoms. The number of H-pyrrole nitrogens is 3. The number of aromatic amines is 3. The highest BCUT2D eigenvalue weighted by atomic mass is 35.5. The van der Waals surface area contributed by atoms with E-state index in [1.165, 1.54) is 57.6 Å². The fourth-order valence-electron chi connectivity index (χ4n) is 17.7. The molecule has 3 saturated heterocycles. The van der Waals surface area contributed by atoms with Crippen molar-refractivity contribution in [3.05, 3.63) is 120 Å². The van der Waals surface area contributed by atoms with Crippen LogP contribution in [0.5, 0.6) is 0 Å². The highest BCUT2D eigenvalue weighted by Crippen LogP contribution is 2.44. The van der Waals surface area contributed by atoms with Crippen molar-refractivity contribution < 1.29 is 36.2 Å². The number of fused-ring (bicyclic) bond motifs is 3. The minimum atomic E-state index is -4.72. The van der Waals surface area contributed by atoms with Crippen LogP contribution in [-0.2, 0) is 29.1 Å². The number of halogens is 6. The molecule has 3 aliphatic carbocycles. The van der Waals surface area contributed by atoms with Gasteiger partial charge in [-0.3, -0.25) is 48.2 Å². The summed E-state index contributed by atoms with van der Waals surface area (Å²) < 4.78 is 69.8. The average Bonchev–Trinajstić information content (AvgIpc) is 1.46. The molecule has 6 aliphatic rings. The summed E-state index contributed by atoms with van der Waals surface area (Å²) in [5, 5.41) is 13.0. The highest BCUT2D eigenvalue weighted by molar-refractivity contribution is 6.31. The number of ether oxygens (including phenoxy) is 2. The lowest BCUT2D eigenvalue weighted by Gasteiger charge is -2.30. The predicted octanol–water partition coefficient (Wildman–Crippen LogP) is 16.1. The van der Waals surface area contributed by atoms with Gasteiger partial charge in [-0.25, -0.2) is 44.3 Å². The first-order chi connectivity index (χ1) is 55.6. The Bertz CT molecular complexity index is 5610. The van der Waals surface area contributed by atoms with Gasteiger partial charge in [-0.1, -0.05) is 110 Å². The van der Waals surface area contributed by atoms with Gasteiger partial charge in [0.15, 0.2) is 0 Å². The highest BCUT2D eigenvalue weighted by Gasteiger charge is 2.39. The molecular weight excluding hydrogens is 1550 g/mol. The van der Waals surface area contributed by atoms with Crippen LogP contribution in [0.15, 0.2) is 102 Å². The molecular formula is C80H91Cl3F3N21O8. The Labute approximate surface area is 673 Å². The van der Waals surface area contributed by atoms with Crippen LogP contribution in [-0.4, -0.2) is 153 Å². The van der Waals surface area contributed by atoms with Gasteiger partial charge in [0.25, 0.3) is 0 Å². The molecule has 35 heteroatoms. The Hall–Kier alpha value is -9.89. The molecule has 606 valence electrons. The smallest absolute Gasteiger partial charge is 0.383 e. The lowest BCUT2D eigenvalue weighted by molar-refractivity contribution is -0.325. The van der Waals surface area contributed by atoms with E-state index in [-0.39, 0.29) is 23.5 Å². The standard InChI is InChI=1S/C27H29ClF3N7O3.C27H32ClN7O3.C26H30ClN7O2/c1-15-4-6-16(7-5-15)13-38-23-20(34-25(38)37-8-2-3-19(37)14-40-27(29,30)31)10-21(24-35-26(39)41-36-24)33-22(23)17-9-18(28)12-32-11-17;1-16-5-7-17(8-6-16)14-35-24-21(31-26(35)34-9-3-4-20(34)15-37-2)11-22(25-32-27(36)38-33-25)30-23(24)18-10-19(28)13-29-12-18;1-15-5-7-17(8-6-15)14-34-23-20(30-25(34)33-9-3-4-16(33)2)11-21(24-31-26(35)36-32-24)29-22(23)18-10-19(27)13-28-12-18/h9-12,15-16,19H,2-8,13-14H2,1H3,(H,35,36,39);10-13,16-17,20H,3-9,14-15H2,1-2H3,(H,32,33,36);10-13,15-17H,3-9,14H2,1-2H3,(H,31,32,35)/t;16?,17?,20-;15?,16-,17?/m.01/s1. The zero-order chi connectivity index (χ0) is 79.8. The van der Waals surface area contributed by atoms with E-state index in [0.29, 0.717) is 128 Å². The number of alkyl halides is 3. The molecule has 3 saturated carbocycles. The average molecular weight is 1640 g/mol. The lowest BCUT2D eigenvalue weighted by atomic mass is 9.83. The Morgan fingerprint density at radius 3 is 1.07 bits per heavy atom. The van der Waals surface area contributed by atoms with Crippen molar-refractivity contribution in [3.63, 3.8) is 0 Å². The first kappa shape index (κ1) is 79.0.